The molecule has 0 spiro atoms. The average Bonchev–Trinajstić information content (AvgIpc) is 2.85. The number of carbonyl (C=O) groups excluding carboxylic acids is 1. The molecular formula is C26H28N2O3S. The van der Waals surface area contributed by atoms with E-state index in [2.05, 4.69) is 5.32 Å². The molecule has 3 unspecified atom stereocenters. The number of nitrogens with one attached hydrogen (secondary N) is 1. The molecule has 3 aromatic carbocycles. The monoisotopic (exact) mass is 448 g/mol. The lowest BCUT2D eigenvalue weighted by Crippen LogP contribution is -2.47. The van der Waals surface area contributed by atoms with Gasteiger partial charge < -0.3 is 5.32 Å². The maximum Gasteiger partial charge on any atom is 0.243 e. The highest BCUT2D eigenvalue weighted by atomic mass is 32.2. The zero-order valence-electron chi connectivity index (χ0n) is 18.1. The van der Waals surface area contributed by atoms with Crippen molar-refractivity contribution in [1.82, 2.24) is 9.62 Å². The minimum atomic E-state index is -3.75. The van der Waals surface area contributed by atoms with Gasteiger partial charge in [-0.1, -0.05) is 78.9 Å². The third-order valence-corrected chi connectivity index (χ3v) is 7.99. The van der Waals surface area contributed by atoms with Crippen LogP contribution in [0.4, 0.5) is 0 Å². The fourth-order valence-corrected chi connectivity index (χ4v) is 6.02. The van der Waals surface area contributed by atoms with E-state index < -0.39 is 15.9 Å². The Balaban J connectivity index is 1.59. The van der Waals surface area contributed by atoms with Crippen molar-refractivity contribution in [3.8, 4) is 0 Å². The van der Waals surface area contributed by atoms with Crippen LogP contribution in [0.1, 0.15) is 43.0 Å². The molecule has 0 radical (unpaired) electrons. The molecule has 1 N–H and O–H groups in total. The molecule has 166 valence electrons. The summed E-state index contributed by atoms with van der Waals surface area (Å²) in [5.74, 6) is -0.513. The molecule has 0 bridgehead atoms. The minimum Gasteiger partial charge on any atom is -0.349 e. The molecule has 0 saturated carbocycles. The number of piperidine rings is 1. The lowest BCUT2D eigenvalue weighted by Gasteiger charge is -2.38. The van der Waals surface area contributed by atoms with E-state index in [0.29, 0.717) is 12.8 Å². The summed E-state index contributed by atoms with van der Waals surface area (Å²) < 4.78 is 28.7. The summed E-state index contributed by atoms with van der Waals surface area (Å²) in [5.41, 5.74) is 1.97. The van der Waals surface area contributed by atoms with Gasteiger partial charge in [-0.15, -0.1) is 0 Å². The lowest BCUT2D eigenvalue weighted by molar-refractivity contribution is -0.127. The van der Waals surface area contributed by atoms with Crippen LogP contribution in [0, 0.1) is 5.92 Å². The van der Waals surface area contributed by atoms with E-state index in [1.54, 1.807) is 30.3 Å². The average molecular weight is 449 g/mol. The van der Waals surface area contributed by atoms with Gasteiger partial charge in [-0.05, 0) is 43.0 Å². The largest absolute Gasteiger partial charge is 0.349 e. The molecule has 1 amide bonds. The number of amides is 1. The number of rotatable bonds is 6. The second-order valence-corrected chi connectivity index (χ2v) is 10.1. The summed E-state index contributed by atoms with van der Waals surface area (Å²) in [7, 11) is -3.75. The van der Waals surface area contributed by atoms with Gasteiger partial charge in [-0.3, -0.25) is 4.79 Å². The Morgan fingerprint density at radius 1 is 0.875 bits per heavy atom. The molecule has 0 aromatic heterocycles. The van der Waals surface area contributed by atoms with Gasteiger partial charge in [0.25, 0.3) is 0 Å². The van der Waals surface area contributed by atoms with Gasteiger partial charge in [-0.2, -0.15) is 4.31 Å². The van der Waals surface area contributed by atoms with Crippen LogP contribution in [0.3, 0.4) is 0 Å². The van der Waals surface area contributed by atoms with Crippen LogP contribution in [0.5, 0.6) is 0 Å². The predicted molar refractivity (Wildman–Crippen MR) is 125 cm³/mol. The number of nitrogens with zero attached hydrogens (tertiary/aromatic N) is 1. The topological polar surface area (TPSA) is 66.5 Å². The van der Waals surface area contributed by atoms with Gasteiger partial charge in [0.2, 0.25) is 15.9 Å². The summed E-state index contributed by atoms with van der Waals surface area (Å²) in [6, 6.07) is 27.5. The van der Waals surface area contributed by atoms with Crippen molar-refractivity contribution in [3.63, 3.8) is 0 Å². The standard InChI is InChI=1S/C26H28N2O3S/c1-20(21-11-5-2-6-12-21)27-26(29)23-17-18-25(22-13-7-3-8-14-22)28(19-23)32(30,31)24-15-9-4-10-16-24/h2-16,20,23,25H,17-19H2,1H3,(H,27,29). The quantitative estimate of drug-likeness (QED) is 0.594. The minimum absolute atomic E-state index is 0.110. The smallest absolute Gasteiger partial charge is 0.243 e. The summed E-state index contributed by atoms with van der Waals surface area (Å²) in [6.45, 7) is 2.10. The van der Waals surface area contributed by atoms with Gasteiger partial charge in [-0.25, -0.2) is 8.42 Å². The van der Waals surface area contributed by atoms with Gasteiger partial charge in [0, 0.05) is 6.54 Å². The normalized spacial score (nSPS) is 20.4. The van der Waals surface area contributed by atoms with E-state index in [1.807, 2.05) is 67.6 Å². The highest BCUT2D eigenvalue weighted by Crippen LogP contribution is 2.37. The Labute approximate surface area is 190 Å². The molecule has 1 heterocycles. The maximum absolute atomic E-state index is 13.6. The molecule has 0 aliphatic carbocycles. The van der Waals surface area contributed by atoms with Gasteiger partial charge in [0.05, 0.1) is 22.9 Å². The zero-order valence-corrected chi connectivity index (χ0v) is 18.9. The van der Waals surface area contributed by atoms with Crippen LogP contribution in [0.15, 0.2) is 95.9 Å². The van der Waals surface area contributed by atoms with E-state index in [1.165, 1.54) is 4.31 Å². The summed E-state index contributed by atoms with van der Waals surface area (Å²) in [6.07, 6.45) is 1.22. The van der Waals surface area contributed by atoms with E-state index in [0.717, 1.165) is 11.1 Å². The van der Waals surface area contributed by atoms with Crippen LogP contribution in [-0.4, -0.2) is 25.2 Å². The van der Waals surface area contributed by atoms with Gasteiger partial charge in [0.1, 0.15) is 0 Å². The van der Waals surface area contributed by atoms with Crippen molar-refractivity contribution in [2.24, 2.45) is 5.92 Å². The summed E-state index contributed by atoms with van der Waals surface area (Å²) in [5, 5.41) is 3.07. The van der Waals surface area contributed by atoms with Crippen LogP contribution in [0.25, 0.3) is 0 Å². The van der Waals surface area contributed by atoms with Crippen LogP contribution >= 0.6 is 0 Å². The van der Waals surface area contributed by atoms with Gasteiger partial charge in [0.15, 0.2) is 0 Å². The number of carbonyl (C=O) groups is 1. The molecule has 1 aliphatic heterocycles. The number of hydrogen-bond donors (Lipinski definition) is 1. The van der Waals surface area contributed by atoms with Crippen molar-refractivity contribution >= 4 is 15.9 Å². The molecule has 5 nitrogen and oxygen atoms in total. The molecule has 3 aromatic rings. The van der Waals surface area contributed by atoms with Crippen molar-refractivity contribution in [2.75, 3.05) is 6.54 Å². The van der Waals surface area contributed by atoms with Crippen LogP contribution in [-0.2, 0) is 14.8 Å². The maximum atomic E-state index is 13.6. The van der Waals surface area contributed by atoms with E-state index in [4.69, 9.17) is 0 Å². The fraction of sp³-hybridized carbons (Fsp3) is 0.269. The Morgan fingerprint density at radius 2 is 1.44 bits per heavy atom. The molecule has 1 saturated heterocycles. The van der Waals surface area contributed by atoms with E-state index in [9.17, 15) is 13.2 Å². The second-order valence-electron chi connectivity index (χ2n) is 8.23. The van der Waals surface area contributed by atoms with E-state index >= 15 is 0 Å². The first-order valence-electron chi connectivity index (χ1n) is 10.9. The lowest BCUT2D eigenvalue weighted by atomic mass is 9.90. The highest BCUT2D eigenvalue weighted by molar-refractivity contribution is 7.89. The molecule has 1 fully saturated rings. The van der Waals surface area contributed by atoms with E-state index in [-0.39, 0.29) is 29.4 Å². The van der Waals surface area contributed by atoms with Crippen LogP contribution in [0.2, 0.25) is 0 Å². The van der Waals surface area contributed by atoms with Crippen molar-refractivity contribution in [1.29, 1.82) is 0 Å². The second kappa shape index (κ2) is 9.67. The molecule has 1 aliphatic rings. The third-order valence-electron chi connectivity index (χ3n) is 6.10. The molecular weight excluding hydrogens is 420 g/mol. The first-order chi connectivity index (χ1) is 15.5. The third kappa shape index (κ3) is 4.76. The predicted octanol–water partition coefficient (Wildman–Crippen LogP) is 4.71. The Morgan fingerprint density at radius 3 is 2.06 bits per heavy atom. The fourth-order valence-electron chi connectivity index (χ4n) is 4.31. The van der Waals surface area contributed by atoms with Gasteiger partial charge >= 0.3 is 0 Å². The molecule has 4 rings (SSSR count). The van der Waals surface area contributed by atoms with Crippen LogP contribution < -0.4 is 5.32 Å². The number of hydrogen-bond acceptors (Lipinski definition) is 3. The summed E-state index contributed by atoms with van der Waals surface area (Å²) >= 11 is 0. The molecule has 32 heavy (non-hydrogen) atoms. The van der Waals surface area contributed by atoms with Crippen molar-refractivity contribution in [3.05, 3.63) is 102 Å². The SMILES string of the molecule is CC(NC(=O)C1CCC(c2ccccc2)N(S(=O)(=O)c2ccccc2)C1)c1ccccc1. The first-order valence-corrected chi connectivity index (χ1v) is 12.4. The first kappa shape index (κ1) is 22.2. The molecule has 6 heteroatoms. The Hall–Kier alpha value is -2.96. The highest BCUT2D eigenvalue weighted by Gasteiger charge is 2.40. The summed E-state index contributed by atoms with van der Waals surface area (Å²) in [4.78, 5) is 13.4. The number of sulfonamides is 1. The van der Waals surface area contributed by atoms with Crippen molar-refractivity contribution < 1.29 is 13.2 Å². The zero-order chi connectivity index (χ0) is 22.6. The Bertz CT molecular complexity index is 1140. The number of benzene rings is 3. The Kier molecular flexibility index (Phi) is 6.72. The molecule has 3 atom stereocenters. The van der Waals surface area contributed by atoms with Crippen molar-refractivity contribution in [2.45, 2.75) is 36.7 Å².